The van der Waals surface area contributed by atoms with Gasteiger partial charge in [0.1, 0.15) is 0 Å². The smallest absolute Gasteiger partial charge is 0.0462 e. The lowest BCUT2D eigenvalue weighted by Crippen LogP contribution is -2.15. The SMILES string of the molecule is CNC(CCCOC)c1cc2c(s1)CCC2. The first kappa shape index (κ1) is 12.1. The third kappa shape index (κ3) is 2.65. The highest BCUT2D eigenvalue weighted by molar-refractivity contribution is 7.12. The Bertz CT molecular complexity index is 313. The molecule has 1 aliphatic rings. The molecule has 0 aromatic carbocycles. The number of hydrogen-bond acceptors (Lipinski definition) is 3. The third-order valence-electron chi connectivity index (χ3n) is 3.30. The number of nitrogens with one attached hydrogen (secondary N) is 1. The van der Waals surface area contributed by atoms with Gasteiger partial charge < -0.3 is 10.1 Å². The molecular formula is C13H21NOS. The van der Waals surface area contributed by atoms with E-state index >= 15 is 0 Å². The Balaban J connectivity index is 1.97. The molecule has 16 heavy (non-hydrogen) atoms. The molecule has 0 aliphatic heterocycles. The Morgan fingerprint density at radius 2 is 2.38 bits per heavy atom. The van der Waals surface area contributed by atoms with Crippen molar-refractivity contribution >= 4 is 11.3 Å². The van der Waals surface area contributed by atoms with Crippen molar-refractivity contribution in [2.75, 3.05) is 20.8 Å². The zero-order valence-corrected chi connectivity index (χ0v) is 11.0. The van der Waals surface area contributed by atoms with E-state index in [-0.39, 0.29) is 0 Å². The van der Waals surface area contributed by atoms with Crippen LogP contribution in [0.2, 0.25) is 0 Å². The first-order valence-corrected chi connectivity index (χ1v) is 6.94. The largest absolute Gasteiger partial charge is 0.385 e. The minimum absolute atomic E-state index is 0.519. The molecule has 1 aromatic heterocycles. The van der Waals surface area contributed by atoms with Crippen LogP contribution in [0.1, 0.15) is 40.6 Å². The summed E-state index contributed by atoms with van der Waals surface area (Å²) in [5.74, 6) is 0. The molecule has 0 fully saturated rings. The fourth-order valence-electron chi connectivity index (χ4n) is 2.38. The minimum Gasteiger partial charge on any atom is -0.385 e. The third-order valence-corrected chi connectivity index (χ3v) is 4.65. The molecule has 3 heteroatoms. The normalized spacial score (nSPS) is 16.4. The molecule has 2 rings (SSSR count). The van der Waals surface area contributed by atoms with Crippen LogP contribution >= 0.6 is 11.3 Å². The minimum atomic E-state index is 0.519. The van der Waals surface area contributed by atoms with Gasteiger partial charge in [-0.3, -0.25) is 0 Å². The lowest BCUT2D eigenvalue weighted by Gasteiger charge is -2.14. The molecule has 0 amide bonds. The second-order valence-electron chi connectivity index (χ2n) is 4.43. The lowest BCUT2D eigenvalue weighted by atomic mass is 10.1. The summed E-state index contributed by atoms with van der Waals surface area (Å²) < 4.78 is 5.11. The number of hydrogen-bond donors (Lipinski definition) is 1. The van der Waals surface area contributed by atoms with E-state index in [0.29, 0.717) is 6.04 Å². The second-order valence-corrected chi connectivity index (χ2v) is 5.60. The fourth-order valence-corrected chi connectivity index (χ4v) is 3.79. The van der Waals surface area contributed by atoms with Crippen LogP contribution in [-0.2, 0) is 17.6 Å². The molecule has 1 aromatic rings. The Hall–Kier alpha value is -0.380. The molecule has 1 unspecified atom stereocenters. The van der Waals surface area contributed by atoms with Gasteiger partial charge in [0.15, 0.2) is 0 Å². The van der Waals surface area contributed by atoms with Crippen molar-refractivity contribution in [3.63, 3.8) is 0 Å². The van der Waals surface area contributed by atoms with E-state index in [1.165, 1.54) is 30.6 Å². The summed E-state index contributed by atoms with van der Waals surface area (Å²) in [5, 5.41) is 3.42. The Morgan fingerprint density at radius 3 is 3.06 bits per heavy atom. The summed E-state index contributed by atoms with van der Waals surface area (Å²) in [6, 6.07) is 2.94. The molecule has 0 saturated heterocycles. The summed E-state index contributed by atoms with van der Waals surface area (Å²) in [4.78, 5) is 3.14. The van der Waals surface area contributed by atoms with Gasteiger partial charge in [0.05, 0.1) is 0 Å². The molecule has 2 nitrogen and oxygen atoms in total. The molecule has 1 atom stereocenters. The monoisotopic (exact) mass is 239 g/mol. The molecular weight excluding hydrogens is 218 g/mol. The number of thiophene rings is 1. The number of rotatable bonds is 6. The predicted molar refractivity (Wildman–Crippen MR) is 69.3 cm³/mol. The highest BCUT2D eigenvalue weighted by Gasteiger charge is 2.18. The maximum Gasteiger partial charge on any atom is 0.0462 e. The van der Waals surface area contributed by atoms with Crippen molar-refractivity contribution in [2.45, 2.75) is 38.1 Å². The van der Waals surface area contributed by atoms with Crippen molar-refractivity contribution < 1.29 is 4.74 Å². The number of ether oxygens (including phenoxy) is 1. The van der Waals surface area contributed by atoms with Crippen LogP contribution < -0.4 is 5.32 Å². The number of aryl methyl sites for hydroxylation is 2. The van der Waals surface area contributed by atoms with Crippen molar-refractivity contribution in [3.8, 4) is 0 Å². The van der Waals surface area contributed by atoms with Crippen LogP contribution in [0.15, 0.2) is 6.07 Å². The van der Waals surface area contributed by atoms with Gasteiger partial charge in [-0.25, -0.2) is 0 Å². The molecule has 0 bridgehead atoms. The van der Waals surface area contributed by atoms with Gasteiger partial charge in [-0.05, 0) is 50.8 Å². The highest BCUT2D eigenvalue weighted by atomic mass is 32.1. The molecule has 1 heterocycles. The van der Waals surface area contributed by atoms with E-state index in [0.717, 1.165) is 13.0 Å². The van der Waals surface area contributed by atoms with Gasteiger partial charge in [0, 0.05) is 29.5 Å². The predicted octanol–water partition coefficient (Wildman–Crippen LogP) is 2.92. The van der Waals surface area contributed by atoms with E-state index in [1.54, 1.807) is 17.6 Å². The standard InChI is InChI=1S/C13H21NOS/c1-14-11(6-4-8-15-2)13-9-10-5-3-7-12(10)16-13/h9,11,14H,3-8H2,1-2H3. The quantitative estimate of drug-likeness (QED) is 0.771. The van der Waals surface area contributed by atoms with Gasteiger partial charge in [-0.1, -0.05) is 0 Å². The van der Waals surface area contributed by atoms with Crippen molar-refractivity contribution in [1.82, 2.24) is 5.32 Å². The molecule has 1 N–H and O–H groups in total. The van der Waals surface area contributed by atoms with Crippen LogP contribution in [0.5, 0.6) is 0 Å². The van der Waals surface area contributed by atoms with Gasteiger partial charge in [0.2, 0.25) is 0 Å². The first-order chi connectivity index (χ1) is 7.85. The summed E-state index contributed by atoms with van der Waals surface area (Å²) >= 11 is 2.01. The maximum atomic E-state index is 5.11. The van der Waals surface area contributed by atoms with Crippen LogP contribution in [0.4, 0.5) is 0 Å². The lowest BCUT2D eigenvalue weighted by molar-refractivity contribution is 0.189. The Morgan fingerprint density at radius 1 is 1.50 bits per heavy atom. The van der Waals surface area contributed by atoms with Crippen molar-refractivity contribution in [1.29, 1.82) is 0 Å². The van der Waals surface area contributed by atoms with Crippen LogP contribution in [0.25, 0.3) is 0 Å². The molecule has 0 spiro atoms. The Labute approximate surface area is 102 Å². The summed E-state index contributed by atoms with van der Waals surface area (Å²) in [5.41, 5.74) is 1.60. The fraction of sp³-hybridized carbons (Fsp3) is 0.692. The summed E-state index contributed by atoms with van der Waals surface area (Å²) in [6.45, 7) is 0.864. The first-order valence-electron chi connectivity index (χ1n) is 6.13. The maximum absolute atomic E-state index is 5.11. The summed E-state index contributed by atoms with van der Waals surface area (Å²) in [7, 11) is 3.83. The Kier molecular flexibility index (Phi) is 4.38. The molecule has 1 aliphatic carbocycles. The van der Waals surface area contributed by atoms with E-state index in [9.17, 15) is 0 Å². The van der Waals surface area contributed by atoms with Crippen LogP contribution in [0.3, 0.4) is 0 Å². The van der Waals surface area contributed by atoms with Gasteiger partial charge in [0.25, 0.3) is 0 Å². The van der Waals surface area contributed by atoms with E-state index in [2.05, 4.69) is 18.4 Å². The zero-order chi connectivity index (χ0) is 11.4. The highest BCUT2D eigenvalue weighted by Crippen LogP contribution is 2.34. The second kappa shape index (κ2) is 5.80. The average molecular weight is 239 g/mol. The van der Waals surface area contributed by atoms with E-state index < -0.39 is 0 Å². The zero-order valence-electron chi connectivity index (χ0n) is 10.2. The van der Waals surface area contributed by atoms with Crippen molar-refractivity contribution in [3.05, 3.63) is 21.4 Å². The van der Waals surface area contributed by atoms with Gasteiger partial charge in [-0.15, -0.1) is 11.3 Å². The van der Waals surface area contributed by atoms with E-state index in [1.807, 2.05) is 11.3 Å². The van der Waals surface area contributed by atoms with Crippen LogP contribution in [-0.4, -0.2) is 20.8 Å². The van der Waals surface area contributed by atoms with Gasteiger partial charge >= 0.3 is 0 Å². The average Bonchev–Trinajstić information content (AvgIpc) is 2.84. The van der Waals surface area contributed by atoms with Crippen molar-refractivity contribution in [2.24, 2.45) is 0 Å². The molecule has 0 saturated carbocycles. The topological polar surface area (TPSA) is 21.3 Å². The number of methoxy groups -OCH3 is 1. The van der Waals surface area contributed by atoms with E-state index in [4.69, 9.17) is 4.74 Å². The molecule has 0 radical (unpaired) electrons. The number of fused-ring (bicyclic) bond motifs is 1. The summed E-state index contributed by atoms with van der Waals surface area (Å²) in [6.07, 6.45) is 6.25. The van der Waals surface area contributed by atoms with Gasteiger partial charge in [-0.2, -0.15) is 0 Å². The van der Waals surface area contributed by atoms with Crippen LogP contribution in [0, 0.1) is 0 Å². The molecule has 90 valence electrons.